The van der Waals surface area contributed by atoms with E-state index in [-0.39, 0.29) is 11.9 Å². The van der Waals surface area contributed by atoms with Crippen molar-refractivity contribution in [3.8, 4) is 28.3 Å². The number of hydrogen-bond acceptors (Lipinski definition) is 9. The van der Waals surface area contributed by atoms with Crippen LogP contribution in [0.1, 0.15) is 25.5 Å². The number of aromatic nitrogens is 3. The average molecular weight is 618 g/mol. The molecule has 3 heterocycles. The lowest BCUT2D eigenvalue weighted by Gasteiger charge is -2.16. The Kier molecular flexibility index (Phi) is 9.61. The van der Waals surface area contributed by atoms with E-state index in [0.29, 0.717) is 80.8 Å². The van der Waals surface area contributed by atoms with E-state index in [2.05, 4.69) is 42.6 Å². The van der Waals surface area contributed by atoms with Gasteiger partial charge in [-0.3, -0.25) is 19.8 Å². The normalized spacial score (nSPS) is 14.6. The van der Waals surface area contributed by atoms with Gasteiger partial charge in [-0.2, -0.15) is 0 Å². The minimum atomic E-state index is 0.0838. The SMILES string of the molecule is C=Nc1c(/N=C\C)ccnc1Nc1cccc(-c2cccc(-c3cnc(CNC[C@@H]4CCC(=O)N4)c(OC)n3)c2Cl)c1Cl. The highest BCUT2D eigenvalue weighted by molar-refractivity contribution is 6.39. The predicted molar refractivity (Wildman–Crippen MR) is 173 cm³/mol. The van der Waals surface area contributed by atoms with Crippen molar-refractivity contribution < 1.29 is 9.53 Å². The first-order valence-electron chi connectivity index (χ1n) is 13.6. The lowest BCUT2D eigenvalue weighted by molar-refractivity contribution is -0.119. The molecule has 2 aromatic heterocycles. The second kappa shape index (κ2) is 13.7. The third kappa shape index (κ3) is 6.67. The van der Waals surface area contributed by atoms with Crippen molar-refractivity contribution in [2.45, 2.75) is 32.4 Å². The number of benzene rings is 2. The summed E-state index contributed by atoms with van der Waals surface area (Å²) in [5.41, 5.74) is 5.09. The van der Waals surface area contributed by atoms with Crippen LogP contribution in [0.3, 0.4) is 0 Å². The van der Waals surface area contributed by atoms with E-state index in [1.807, 2.05) is 43.3 Å². The van der Waals surface area contributed by atoms with Crippen molar-refractivity contribution in [3.05, 3.63) is 70.6 Å². The maximum absolute atomic E-state index is 11.5. The fourth-order valence-corrected chi connectivity index (χ4v) is 5.44. The van der Waals surface area contributed by atoms with Crippen molar-refractivity contribution in [2.75, 3.05) is 19.0 Å². The Morgan fingerprint density at radius 1 is 1.12 bits per heavy atom. The topological polar surface area (TPSA) is 126 Å². The maximum Gasteiger partial charge on any atom is 0.237 e. The highest BCUT2D eigenvalue weighted by Gasteiger charge is 2.21. The monoisotopic (exact) mass is 616 g/mol. The summed E-state index contributed by atoms with van der Waals surface area (Å²) in [6.07, 6.45) is 6.37. The van der Waals surface area contributed by atoms with Crippen LogP contribution >= 0.6 is 23.2 Å². The second-order valence-corrected chi connectivity index (χ2v) is 10.4. The smallest absolute Gasteiger partial charge is 0.237 e. The molecule has 1 fully saturated rings. The Labute approximate surface area is 259 Å². The minimum Gasteiger partial charge on any atom is -0.480 e. The molecule has 0 spiro atoms. The zero-order valence-corrected chi connectivity index (χ0v) is 25.2. The van der Waals surface area contributed by atoms with E-state index < -0.39 is 0 Å². The number of rotatable bonds is 11. The Hall–Kier alpha value is -4.38. The molecular formula is C31H30Cl2N8O2. The number of ether oxygens (including phenoxy) is 1. The molecule has 1 amide bonds. The molecule has 5 rings (SSSR count). The maximum atomic E-state index is 11.5. The molecule has 220 valence electrons. The second-order valence-electron chi connectivity index (χ2n) is 9.68. The molecule has 1 aliphatic rings. The first-order chi connectivity index (χ1) is 20.9. The molecule has 10 nitrogen and oxygen atoms in total. The van der Waals surface area contributed by atoms with E-state index in [1.54, 1.807) is 31.8 Å². The van der Waals surface area contributed by atoms with Gasteiger partial charge in [0.25, 0.3) is 0 Å². The number of nitrogens with one attached hydrogen (secondary N) is 3. The Balaban J connectivity index is 1.41. The lowest BCUT2D eigenvalue weighted by Crippen LogP contribution is -2.35. The fraction of sp³-hybridized carbons (Fsp3) is 0.226. The van der Waals surface area contributed by atoms with Crippen molar-refractivity contribution in [2.24, 2.45) is 9.98 Å². The number of halogens is 2. The third-order valence-electron chi connectivity index (χ3n) is 6.92. The number of methoxy groups -OCH3 is 1. The Bertz CT molecular complexity index is 1690. The number of nitrogens with zero attached hydrogens (tertiary/aromatic N) is 5. The van der Waals surface area contributed by atoms with Crippen LogP contribution < -0.4 is 20.7 Å². The van der Waals surface area contributed by atoms with Crippen LogP contribution in [0.4, 0.5) is 22.9 Å². The molecule has 43 heavy (non-hydrogen) atoms. The van der Waals surface area contributed by atoms with Crippen molar-refractivity contribution in [1.29, 1.82) is 0 Å². The number of carbonyl (C=O) groups excluding carboxylic acids is 1. The van der Waals surface area contributed by atoms with Gasteiger partial charge in [0.05, 0.1) is 40.4 Å². The summed E-state index contributed by atoms with van der Waals surface area (Å²) < 4.78 is 5.55. The lowest BCUT2D eigenvalue weighted by atomic mass is 10.0. The molecule has 1 aliphatic heterocycles. The molecule has 0 unspecified atom stereocenters. The van der Waals surface area contributed by atoms with Gasteiger partial charge in [-0.1, -0.05) is 53.5 Å². The molecule has 3 N–H and O–H groups in total. The molecule has 0 aliphatic carbocycles. The van der Waals surface area contributed by atoms with E-state index in [1.165, 1.54) is 0 Å². The molecule has 1 atom stereocenters. The van der Waals surface area contributed by atoms with Crippen molar-refractivity contribution >= 4 is 64.9 Å². The molecule has 2 aromatic carbocycles. The summed E-state index contributed by atoms with van der Waals surface area (Å²) in [5, 5.41) is 10.4. The molecule has 1 saturated heterocycles. The third-order valence-corrected chi connectivity index (χ3v) is 7.73. The van der Waals surface area contributed by atoms with Crippen LogP contribution in [-0.4, -0.2) is 53.5 Å². The first-order valence-corrected chi connectivity index (χ1v) is 14.4. The van der Waals surface area contributed by atoms with Crippen LogP contribution in [-0.2, 0) is 11.3 Å². The van der Waals surface area contributed by atoms with Gasteiger partial charge >= 0.3 is 0 Å². The molecule has 4 aromatic rings. The first kappa shape index (κ1) is 30.1. The standard InChI is InChI=1S/C31H30Cl2N8O2/c1-4-36-23-13-14-37-30(29(23)34-2)40-22-10-6-8-20(28(22)33)19-7-5-9-21(27(19)32)24-17-38-25(31(41-24)43-3)16-35-15-18-11-12-26(42)39-18/h4-10,13-14,17-18,35H,2,11-12,15-16H2,1,3H3,(H,37,40)(H,39,42)/b36-4-/t18-/m0/s1. The van der Waals surface area contributed by atoms with E-state index >= 15 is 0 Å². The number of amides is 1. The van der Waals surface area contributed by atoms with Gasteiger partial charge in [0.1, 0.15) is 11.4 Å². The predicted octanol–water partition coefficient (Wildman–Crippen LogP) is 6.69. The van der Waals surface area contributed by atoms with Crippen LogP contribution in [0.5, 0.6) is 5.88 Å². The van der Waals surface area contributed by atoms with Crippen LogP contribution in [0, 0.1) is 0 Å². The fourth-order valence-electron chi connectivity index (χ4n) is 4.84. The van der Waals surface area contributed by atoms with Crippen LogP contribution in [0.25, 0.3) is 22.4 Å². The van der Waals surface area contributed by atoms with E-state index in [9.17, 15) is 4.79 Å². The average Bonchev–Trinajstić information content (AvgIpc) is 3.43. The number of carbonyl (C=O) groups is 1. The minimum absolute atomic E-state index is 0.0838. The quantitative estimate of drug-likeness (QED) is 0.160. The Morgan fingerprint density at radius 3 is 2.60 bits per heavy atom. The van der Waals surface area contributed by atoms with Gasteiger partial charge in [-0.25, -0.2) is 9.97 Å². The number of pyridine rings is 1. The Morgan fingerprint density at radius 2 is 1.88 bits per heavy atom. The van der Waals surface area contributed by atoms with Gasteiger partial charge in [0, 0.05) is 54.7 Å². The van der Waals surface area contributed by atoms with E-state index in [0.717, 1.165) is 12.0 Å². The van der Waals surface area contributed by atoms with Crippen molar-refractivity contribution in [1.82, 2.24) is 25.6 Å². The summed E-state index contributed by atoms with van der Waals surface area (Å²) >= 11 is 13.9. The molecule has 0 saturated carbocycles. The highest BCUT2D eigenvalue weighted by Crippen LogP contribution is 2.43. The zero-order chi connectivity index (χ0) is 30.3. The summed E-state index contributed by atoms with van der Waals surface area (Å²) in [7, 11) is 1.55. The van der Waals surface area contributed by atoms with Gasteiger partial charge in [0.15, 0.2) is 5.82 Å². The largest absolute Gasteiger partial charge is 0.480 e. The molecule has 0 radical (unpaired) electrons. The summed E-state index contributed by atoms with van der Waals surface area (Å²) in [6.45, 7) is 6.58. The number of aliphatic imine (C=N–C) groups is 2. The number of hydrogen-bond donors (Lipinski definition) is 3. The van der Waals surface area contributed by atoms with Gasteiger partial charge in [-0.15, -0.1) is 0 Å². The van der Waals surface area contributed by atoms with E-state index in [4.69, 9.17) is 32.9 Å². The summed E-state index contributed by atoms with van der Waals surface area (Å²) in [5.74, 6) is 0.947. The highest BCUT2D eigenvalue weighted by atomic mass is 35.5. The molecule has 12 heteroatoms. The van der Waals surface area contributed by atoms with Gasteiger partial charge in [0.2, 0.25) is 11.8 Å². The van der Waals surface area contributed by atoms with Crippen LogP contribution in [0.15, 0.2) is 64.8 Å². The zero-order valence-electron chi connectivity index (χ0n) is 23.7. The number of anilines is 2. The van der Waals surface area contributed by atoms with Crippen molar-refractivity contribution in [3.63, 3.8) is 0 Å². The van der Waals surface area contributed by atoms with Gasteiger partial charge < -0.3 is 20.7 Å². The molecular weight excluding hydrogens is 587 g/mol. The summed E-state index contributed by atoms with van der Waals surface area (Å²) in [4.78, 5) is 33.6. The van der Waals surface area contributed by atoms with Crippen LogP contribution in [0.2, 0.25) is 10.0 Å². The summed E-state index contributed by atoms with van der Waals surface area (Å²) in [6, 6.07) is 13.2. The molecule has 0 bridgehead atoms. The van der Waals surface area contributed by atoms with Gasteiger partial charge in [-0.05, 0) is 32.2 Å².